The highest BCUT2D eigenvalue weighted by atomic mass is 16.5. The van der Waals surface area contributed by atoms with Gasteiger partial charge in [0.1, 0.15) is 12.4 Å². The Kier molecular flexibility index (Phi) is 4.62. The first kappa shape index (κ1) is 14.1. The quantitative estimate of drug-likeness (QED) is 0.753. The molecule has 0 aliphatic carbocycles. The topological polar surface area (TPSA) is 47.0 Å². The second kappa shape index (κ2) is 7.22. The molecule has 0 bridgehead atoms. The maximum Gasteiger partial charge on any atom is 0.233 e. The van der Waals surface area contributed by atoms with Crippen LogP contribution in [0.1, 0.15) is 11.1 Å². The smallest absolute Gasteiger partial charge is 0.233 e. The van der Waals surface area contributed by atoms with Crippen molar-refractivity contribution in [3.05, 3.63) is 83.9 Å². The third-order valence-electron chi connectivity index (χ3n) is 3.19. The summed E-state index contributed by atoms with van der Waals surface area (Å²) in [5.41, 5.74) is 2.31. The average molecular weight is 291 g/mol. The maximum atomic E-state index is 5.61. The molecule has 0 radical (unpaired) electrons. The fourth-order valence-corrected chi connectivity index (χ4v) is 2.01. The average Bonchev–Trinajstić information content (AvgIpc) is 2.61. The number of anilines is 1. The molecular weight excluding hydrogens is 274 g/mol. The molecule has 2 aromatic carbocycles. The van der Waals surface area contributed by atoms with Crippen LogP contribution in [0.25, 0.3) is 0 Å². The Morgan fingerprint density at radius 1 is 0.727 bits per heavy atom. The number of nitrogens with zero attached hydrogens (tertiary/aromatic N) is 2. The summed E-state index contributed by atoms with van der Waals surface area (Å²) in [5, 5.41) is 11.4. The Balaban J connectivity index is 1.52. The van der Waals surface area contributed by atoms with Crippen LogP contribution >= 0.6 is 0 Å². The van der Waals surface area contributed by atoms with Gasteiger partial charge in [-0.2, -0.15) is 0 Å². The van der Waals surface area contributed by atoms with Crippen LogP contribution in [-0.2, 0) is 13.2 Å². The van der Waals surface area contributed by atoms with Crippen LogP contribution in [0.2, 0.25) is 0 Å². The first-order chi connectivity index (χ1) is 10.9. The Hall–Kier alpha value is -2.88. The molecule has 3 rings (SSSR count). The van der Waals surface area contributed by atoms with Gasteiger partial charge in [0, 0.05) is 12.6 Å². The molecule has 0 fully saturated rings. The van der Waals surface area contributed by atoms with Crippen LogP contribution in [0.4, 0.5) is 5.82 Å². The summed E-state index contributed by atoms with van der Waals surface area (Å²) in [6, 6.07) is 23.9. The summed E-state index contributed by atoms with van der Waals surface area (Å²) >= 11 is 0. The first-order valence-corrected chi connectivity index (χ1v) is 7.18. The maximum absolute atomic E-state index is 5.61. The van der Waals surface area contributed by atoms with E-state index in [9.17, 15) is 0 Å². The van der Waals surface area contributed by atoms with E-state index in [0.29, 0.717) is 12.5 Å². The number of ether oxygens (including phenoxy) is 1. The molecule has 1 aromatic heterocycles. The normalized spacial score (nSPS) is 10.2. The SMILES string of the molecule is c1ccc(CNc2ccc(OCc3ccccc3)nn2)cc1. The summed E-state index contributed by atoms with van der Waals surface area (Å²) in [4.78, 5) is 0. The van der Waals surface area contributed by atoms with Gasteiger partial charge < -0.3 is 10.1 Å². The summed E-state index contributed by atoms with van der Waals surface area (Å²) in [6.45, 7) is 1.21. The zero-order valence-corrected chi connectivity index (χ0v) is 12.1. The Morgan fingerprint density at radius 2 is 1.41 bits per heavy atom. The van der Waals surface area contributed by atoms with E-state index in [-0.39, 0.29) is 0 Å². The molecule has 110 valence electrons. The van der Waals surface area contributed by atoms with E-state index in [4.69, 9.17) is 4.74 Å². The molecule has 4 heteroatoms. The lowest BCUT2D eigenvalue weighted by Gasteiger charge is -2.07. The number of benzene rings is 2. The van der Waals surface area contributed by atoms with Gasteiger partial charge in [0.2, 0.25) is 5.88 Å². The van der Waals surface area contributed by atoms with Gasteiger partial charge in [-0.1, -0.05) is 60.7 Å². The molecule has 22 heavy (non-hydrogen) atoms. The lowest BCUT2D eigenvalue weighted by atomic mass is 10.2. The summed E-state index contributed by atoms with van der Waals surface area (Å²) < 4.78 is 5.61. The van der Waals surface area contributed by atoms with Crippen LogP contribution in [0.3, 0.4) is 0 Å². The van der Waals surface area contributed by atoms with Crippen molar-refractivity contribution in [1.82, 2.24) is 10.2 Å². The molecule has 0 atom stereocenters. The summed E-state index contributed by atoms with van der Waals surface area (Å²) in [7, 11) is 0. The largest absolute Gasteiger partial charge is 0.472 e. The minimum atomic E-state index is 0.492. The molecule has 0 aliphatic heterocycles. The fraction of sp³-hybridized carbons (Fsp3) is 0.111. The monoisotopic (exact) mass is 291 g/mol. The van der Waals surface area contributed by atoms with Gasteiger partial charge in [-0.05, 0) is 17.2 Å². The van der Waals surface area contributed by atoms with Crippen molar-refractivity contribution in [2.45, 2.75) is 13.2 Å². The predicted molar refractivity (Wildman–Crippen MR) is 86.6 cm³/mol. The Bertz CT molecular complexity index is 622. The molecule has 0 unspecified atom stereocenters. The second-order valence-electron chi connectivity index (χ2n) is 4.87. The van der Waals surface area contributed by atoms with Crippen LogP contribution in [0.5, 0.6) is 5.88 Å². The third-order valence-corrected chi connectivity index (χ3v) is 3.19. The van der Waals surface area contributed by atoms with Crippen molar-refractivity contribution >= 4 is 5.82 Å². The van der Waals surface area contributed by atoms with Gasteiger partial charge in [0.05, 0.1) is 0 Å². The highest BCUT2D eigenvalue weighted by molar-refractivity contribution is 5.35. The predicted octanol–water partition coefficient (Wildman–Crippen LogP) is 3.67. The molecule has 0 saturated carbocycles. The molecule has 0 saturated heterocycles. The van der Waals surface area contributed by atoms with Crippen LogP contribution in [0.15, 0.2) is 72.8 Å². The van der Waals surface area contributed by atoms with Crippen molar-refractivity contribution < 1.29 is 4.74 Å². The first-order valence-electron chi connectivity index (χ1n) is 7.18. The Labute approximate surface area is 129 Å². The van der Waals surface area contributed by atoms with Crippen molar-refractivity contribution in [3.8, 4) is 5.88 Å². The van der Waals surface area contributed by atoms with Gasteiger partial charge in [-0.25, -0.2) is 0 Å². The van der Waals surface area contributed by atoms with E-state index in [1.54, 1.807) is 0 Å². The van der Waals surface area contributed by atoms with Gasteiger partial charge in [-0.3, -0.25) is 0 Å². The van der Waals surface area contributed by atoms with Gasteiger partial charge in [-0.15, -0.1) is 10.2 Å². The molecule has 0 aliphatic rings. The van der Waals surface area contributed by atoms with E-state index in [1.807, 2.05) is 60.7 Å². The number of hydrogen-bond acceptors (Lipinski definition) is 4. The minimum absolute atomic E-state index is 0.492. The molecule has 4 nitrogen and oxygen atoms in total. The number of aromatic nitrogens is 2. The molecule has 0 spiro atoms. The number of hydrogen-bond donors (Lipinski definition) is 1. The number of rotatable bonds is 6. The van der Waals surface area contributed by atoms with Crippen LogP contribution in [-0.4, -0.2) is 10.2 Å². The third kappa shape index (κ3) is 4.06. The van der Waals surface area contributed by atoms with Gasteiger partial charge >= 0.3 is 0 Å². The fourth-order valence-electron chi connectivity index (χ4n) is 2.01. The highest BCUT2D eigenvalue weighted by Crippen LogP contribution is 2.11. The van der Waals surface area contributed by atoms with E-state index in [1.165, 1.54) is 5.56 Å². The molecule has 1 heterocycles. The zero-order valence-electron chi connectivity index (χ0n) is 12.1. The number of nitrogens with one attached hydrogen (secondary N) is 1. The van der Waals surface area contributed by atoms with Crippen molar-refractivity contribution in [1.29, 1.82) is 0 Å². The Morgan fingerprint density at radius 3 is 2.05 bits per heavy atom. The second-order valence-corrected chi connectivity index (χ2v) is 4.87. The van der Waals surface area contributed by atoms with E-state index < -0.39 is 0 Å². The molecule has 0 amide bonds. The van der Waals surface area contributed by atoms with E-state index >= 15 is 0 Å². The molecule has 1 N–H and O–H groups in total. The molecule has 3 aromatic rings. The summed E-state index contributed by atoms with van der Waals surface area (Å²) in [5.74, 6) is 1.25. The van der Waals surface area contributed by atoms with E-state index in [2.05, 4.69) is 27.6 Å². The van der Waals surface area contributed by atoms with Crippen molar-refractivity contribution in [2.75, 3.05) is 5.32 Å². The van der Waals surface area contributed by atoms with Crippen molar-refractivity contribution in [3.63, 3.8) is 0 Å². The van der Waals surface area contributed by atoms with Gasteiger partial charge in [0.25, 0.3) is 0 Å². The molecular formula is C18H17N3O. The van der Waals surface area contributed by atoms with Gasteiger partial charge in [0.15, 0.2) is 0 Å². The minimum Gasteiger partial charge on any atom is -0.472 e. The zero-order chi connectivity index (χ0) is 15.0. The van der Waals surface area contributed by atoms with Crippen molar-refractivity contribution in [2.24, 2.45) is 0 Å². The lowest BCUT2D eigenvalue weighted by Crippen LogP contribution is -2.03. The summed E-state index contributed by atoms with van der Waals surface area (Å²) in [6.07, 6.45) is 0. The van der Waals surface area contributed by atoms with E-state index in [0.717, 1.165) is 17.9 Å². The van der Waals surface area contributed by atoms with Crippen LogP contribution < -0.4 is 10.1 Å². The lowest BCUT2D eigenvalue weighted by molar-refractivity contribution is 0.290. The standard InChI is InChI=1S/C18H17N3O/c1-3-7-15(8-4-1)13-19-17-11-12-18(21-20-17)22-14-16-9-5-2-6-10-16/h1-12H,13-14H2,(H,19,20). The highest BCUT2D eigenvalue weighted by Gasteiger charge is 2.00. The van der Waals surface area contributed by atoms with Crippen LogP contribution in [0, 0.1) is 0 Å².